The lowest BCUT2D eigenvalue weighted by molar-refractivity contribution is 0.160. The van der Waals surface area contributed by atoms with Gasteiger partial charge in [0.05, 0.1) is 12.8 Å². The second kappa shape index (κ2) is 8.13. The van der Waals surface area contributed by atoms with E-state index >= 15 is 0 Å². The molecule has 0 aliphatic carbocycles. The van der Waals surface area contributed by atoms with Gasteiger partial charge in [-0.25, -0.2) is 4.39 Å². The molecular formula is C21H30BFN4O3. The Balaban J connectivity index is 1.89. The molecule has 0 bridgehead atoms. The van der Waals surface area contributed by atoms with Gasteiger partial charge < -0.3 is 25.0 Å². The zero-order chi connectivity index (χ0) is 22.3. The Labute approximate surface area is 177 Å². The Morgan fingerprint density at radius 3 is 2.27 bits per heavy atom. The number of methoxy groups -OCH3 is 1. The maximum atomic E-state index is 14.0. The van der Waals surface area contributed by atoms with Crippen molar-refractivity contribution in [3.05, 3.63) is 30.1 Å². The predicted octanol–water partition coefficient (Wildman–Crippen LogP) is 1.72. The van der Waals surface area contributed by atoms with E-state index in [0.717, 1.165) is 24.7 Å². The Morgan fingerprint density at radius 2 is 1.77 bits per heavy atom. The molecule has 0 radical (unpaired) electrons. The first-order chi connectivity index (χ1) is 13.9. The predicted molar refractivity (Wildman–Crippen MR) is 117 cm³/mol. The van der Waals surface area contributed by atoms with Crippen LogP contribution in [0.5, 0.6) is 5.75 Å². The van der Waals surface area contributed by atoms with Crippen LogP contribution in [-0.4, -0.2) is 58.6 Å². The molecule has 0 amide bonds. The van der Waals surface area contributed by atoms with Crippen molar-refractivity contribution in [3.63, 3.8) is 0 Å². The molecule has 3 N–H and O–H groups in total. The van der Waals surface area contributed by atoms with Gasteiger partial charge in [-0.05, 0) is 58.7 Å². The third-order valence-corrected chi connectivity index (χ3v) is 5.60. The summed E-state index contributed by atoms with van der Waals surface area (Å²) in [5, 5.41) is 31.2. The summed E-state index contributed by atoms with van der Waals surface area (Å²) in [6, 6.07) is 6.38. The first kappa shape index (κ1) is 22.5. The number of ether oxygens (including phenoxy) is 1. The van der Waals surface area contributed by atoms with Crippen LogP contribution < -0.4 is 20.4 Å². The molecule has 0 unspecified atom stereocenters. The summed E-state index contributed by atoms with van der Waals surface area (Å²) in [6.45, 7) is 8.82. The van der Waals surface area contributed by atoms with Gasteiger partial charge in [0.1, 0.15) is 11.6 Å². The Kier molecular flexibility index (Phi) is 6.09. The summed E-state index contributed by atoms with van der Waals surface area (Å²) in [4.78, 5) is 2.14. The quantitative estimate of drug-likeness (QED) is 0.640. The lowest BCUT2D eigenvalue weighted by Gasteiger charge is -2.49. The summed E-state index contributed by atoms with van der Waals surface area (Å²) >= 11 is 0. The number of aromatic nitrogens is 2. The Morgan fingerprint density at radius 1 is 1.13 bits per heavy atom. The molecule has 9 heteroatoms. The zero-order valence-electron chi connectivity index (χ0n) is 18.4. The summed E-state index contributed by atoms with van der Waals surface area (Å²) < 4.78 is 19.3. The van der Waals surface area contributed by atoms with E-state index < -0.39 is 12.9 Å². The molecule has 1 aromatic carbocycles. The molecule has 2 aromatic rings. The smallest absolute Gasteiger partial charge is 0.491 e. The van der Waals surface area contributed by atoms with Crippen LogP contribution in [0.25, 0.3) is 11.3 Å². The molecular weight excluding hydrogens is 386 g/mol. The second-order valence-corrected chi connectivity index (χ2v) is 9.29. The SMILES string of the molecule is COc1cc(F)c(B(O)O)cc1-c1ccc(N(C)C2CC(C)(C)NC(C)(C)C2)nn1. The molecule has 0 atom stereocenters. The Hall–Kier alpha value is -2.23. The average Bonchev–Trinajstić information content (AvgIpc) is 2.64. The van der Waals surface area contributed by atoms with Crippen LogP contribution in [0.4, 0.5) is 10.2 Å². The highest BCUT2D eigenvalue weighted by molar-refractivity contribution is 6.58. The largest absolute Gasteiger partial charge is 0.496 e. The highest BCUT2D eigenvalue weighted by Gasteiger charge is 2.39. The van der Waals surface area contributed by atoms with Crippen LogP contribution in [0.15, 0.2) is 24.3 Å². The maximum Gasteiger partial charge on any atom is 0.491 e. The number of benzene rings is 1. The van der Waals surface area contributed by atoms with Crippen molar-refractivity contribution in [3.8, 4) is 17.0 Å². The van der Waals surface area contributed by atoms with Crippen molar-refractivity contribution in [2.45, 2.75) is 57.7 Å². The minimum Gasteiger partial charge on any atom is -0.496 e. The van der Waals surface area contributed by atoms with Crippen LogP contribution in [0.2, 0.25) is 0 Å². The molecule has 2 heterocycles. The van der Waals surface area contributed by atoms with Gasteiger partial charge in [-0.15, -0.1) is 10.2 Å². The zero-order valence-corrected chi connectivity index (χ0v) is 18.4. The minimum absolute atomic E-state index is 0.0110. The van der Waals surface area contributed by atoms with Crippen molar-refractivity contribution >= 4 is 18.4 Å². The molecule has 30 heavy (non-hydrogen) atoms. The third kappa shape index (κ3) is 4.74. The fraction of sp³-hybridized carbons (Fsp3) is 0.524. The van der Waals surface area contributed by atoms with E-state index in [9.17, 15) is 14.4 Å². The fourth-order valence-corrected chi connectivity index (χ4v) is 4.52. The molecule has 1 saturated heterocycles. The van der Waals surface area contributed by atoms with E-state index in [1.165, 1.54) is 13.2 Å². The molecule has 1 fully saturated rings. The van der Waals surface area contributed by atoms with Crippen molar-refractivity contribution in [2.24, 2.45) is 0 Å². The van der Waals surface area contributed by atoms with Gasteiger partial charge in [0.2, 0.25) is 0 Å². The van der Waals surface area contributed by atoms with Crippen LogP contribution in [-0.2, 0) is 0 Å². The molecule has 0 saturated carbocycles. The van der Waals surface area contributed by atoms with Gasteiger partial charge in [0.15, 0.2) is 5.82 Å². The van der Waals surface area contributed by atoms with Gasteiger partial charge in [0.25, 0.3) is 0 Å². The molecule has 7 nitrogen and oxygen atoms in total. The number of halogens is 1. The number of rotatable bonds is 5. The first-order valence-corrected chi connectivity index (χ1v) is 10.0. The van der Waals surface area contributed by atoms with Crippen LogP contribution in [0, 0.1) is 5.82 Å². The summed E-state index contributed by atoms with van der Waals surface area (Å²) in [5.74, 6) is 0.223. The summed E-state index contributed by atoms with van der Waals surface area (Å²) in [7, 11) is 1.51. The normalized spacial score (nSPS) is 18.2. The topological polar surface area (TPSA) is 90.7 Å². The standard InChI is InChI=1S/C21H30BFN4O3/c1-20(2)11-13(12-21(3,4)26-20)27(5)19-8-7-17(24-25-19)14-9-15(22(28)29)16(23)10-18(14)30-6/h7-10,13,26,28-29H,11-12H2,1-6H3. The van der Waals surface area contributed by atoms with E-state index in [1.54, 1.807) is 6.07 Å². The van der Waals surface area contributed by atoms with E-state index in [4.69, 9.17) is 4.74 Å². The average molecular weight is 416 g/mol. The molecule has 1 aromatic heterocycles. The van der Waals surface area contributed by atoms with Gasteiger partial charge in [-0.1, -0.05) is 0 Å². The van der Waals surface area contributed by atoms with Crippen molar-refractivity contribution in [1.29, 1.82) is 0 Å². The number of piperidine rings is 1. The fourth-order valence-electron chi connectivity index (χ4n) is 4.52. The highest BCUT2D eigenvalue weighted by atomic mass is 19.1. The molecule has 0 spiro atoms. The Bertz CT molecular complexity index is 890. The molecule has 1 aliphatic heterocycles. The number of nitrogens with one attached hydrogen (secondary N) is 1. The number of hydrogen-bond acceptors (Lipinski definition) is 7. The van der Waals surface area contributed by atoms with Gasteiger partial charge in [0, 0.05) is 41.3 Å². The third-order valence-electron chi connectivity index (χ3n) is 5.60. The molecule has 162 valence electrons. The van der Waals surface area contributed by atoms with Crippen molar-refractivity contribution in [1.82, 2.24) is 15.5 Å². The first-order valence-electron chi connectivity index (χ1n) is 10.0. The van der Waals surface area contributed by atoms with Crippen LogP contribution in [0.3, 0.4) is 0 Å². The minimum atomic E-state index is -1.93. The molecule has 1 aliphatic rings. The van der Waals surface area contributed by atoms with E-state index in [0.29, 0.717) is 17.3 Å². The van der Waals surface area contributed by atoms with Crippen LogP contribution >= 0.6 is 0 Å². The van der Waals surface area contributed by atoms with E-state index in [-0.39, 0.29) is 22.3 Å². The van der Waals surface area contributed by atoms with Gasteiger partial charge in [-0.2, -0.15) is 0 Å². The monoisotopic (exact) mass is 416 g/mol. The lowest BCUT2D eigenvalue weighted by Crippen LogP contribution is -2.62. The van der Waals surface area contributed by atoms with Crippen molar-refractivity contribution in [2.75, 3.05) is 19.1 Å². The highest BCUT2D eigenvalue weighted by Crippen LogP contribution is 2.33. The van der Waals surface area contributed by atoms with E-state index in [1.807, 2.05) is 13.1 Å². The lowest BCUT2D eigenvalue weighted by atomic mass is 9.78. The second-order valence-electron chi connectivity index (χ2n) is 9.29. The molecule has 3 rings (SSSR count). The summed E-state index contributed by atoms with van der Waals surface area (Å²) in [5.41, 5.74) is 0.673. The number of anilines is 1. The number of nitrogens with zero attached hydrogens (tertiary/aromatic N) is 3. The van der Waals surface area contributed by atoms with Crippen molar-refractivity contribution < 1.29 is 19.2 Å². The number of hydrogen-bond donors (Lipinski definition) is 3. The maximum absolute atomic E-state index is 14.0. The van der Waals surface area contributed by atoms with E-state index in [2.05, 4.69) is 48.1 Å². The van der Waals surface area contributed by atoms with Crippen LogP contribution in [0.1, 0.15) is 40.5 Å². The van der Waals surface area contributed by atoms with Gasteiger partial charge in [-0.3, -0.25) is 0 Å². The van der Waals surface area contributed by atoms with Gasteiger partial charge >= 0.3 is 7.12 Å². The summed E-state index contributed by atoms with van der Waals surface area (Å²) in [6.07, 6.45) is 1.94.